The van der Waals surface area contributed by atoms with E-state index in [1.54, 1.807) is 49.8 Å². The van der Waals surface area contributed by atoms with Crippen LogP contribution in [0.5, 0.6) is 11.5 Å². The molecule has 0 aliphatic rings. The summed E-state index contributed by atoms with van der Waals surface area (Å²) in [6, 6.07) is 15.1. The molecule has 0 saturated carbocycles. The molecule has 1 amide bonds. The average molecular weight is 583 g/mol. The minimum absolute atomic E-state index is 0.0352. The predicted octanol–water partition coefficient (Wildman–Crippen LogP) is 3.31. The first kappa shape index (κ1) is 29.7. The number of hydrogen-bond acceptors (Lipinski definition) is 7. The van der Waals surface area contributed by atoms with Crippen LogP contribution in [0.1, 0.15) is 28.2 Å². The summed E-state index contributed by atoms with van der Waals surface area (Å²) in [6.07, 6.45) is 3.88. The fourth-order valence-corrected chi connectivity index (χ4v) is 5.64. The number of hydrogen-bond donors (Lipinski definition) is 2. The Balaban J connectivity index is 1.79. The Kier molecular flexibility index (Phi) is 9.38. The third kappa shape index (κ3) is 6.73. The number of methoxy groups -OCH3 is 3. The monoisotopic (exact) mass is 582 g/mol. The standard InChI is InChI=1S/C29H31FN4O6S/c1-38-13-12-19-16-32-34(18-19)25-11-9-20(28(29(31)35)23-6-4-5-7-24(23)30)14-27(25)41(36,37)33-17-21-8-10-22(39-2)15-26(21)40-3/h4-11,14-16,18,28,33H,12-13,17H2,1-3H3,(H2,31,35). The van der Waals surface area contributed by atoms with Crippen LogP contribution in [0.2, 0.25) is 0 Å². The van der Waals surface area contributed by atoms with Crippen molar-refractivity contribution in [3.63, 3.8) is 0 Å². The highest BCUT2D eigenvalue weighted by Gasteiger charge is 2.28. The van der Waals surface area contributed by atoms with Crippen LogP contribution in [-0.4, -0.2) is 52.0 Å². The number of carbonyl (C=O) groups excluding carboxylic acids is 1. The maximum absolute atomic E-state index is 14.7. The van der Waals surface area contributed by atoms with Gasteiger partial charge >= 0.3 is 0 Å². The summed E-state index contributed by atoms with van der Waals surface area (Å²) in [4.78, 5) is 12.4. The highest BCUT2D eigenvalue weighted by molar-refractivity contribution is 7.89. The number of sulfonamides is 1. The van der Waals surface area contributed by atoms with Crippen molar-refractivity contribution in [3.8, 4) is 17.2 Å². The number of carbonyl (C=O) groups is 1. The lowest BCUT2D eigenvalue weighted by Crippen LogP contribution is -2.27. The van der Waals surface area contributed by atoms with E-state index in [4.69, 9.17) is 19.9 Å². The van der Waals surface area contributed by atoms with Crippen molar-refractivity contribution in [1.82, 2.24) is 14.5 Å². The van der Waals surface area contributed by atoms with Crippen LogP contribution >= 0.6 is 0 Å². The fourth-order valence-electron chi connectivity index (χ4n) is 4.41. The summed E-state index contributed by atoms with van der Waals surface area (Å²) >= 11 is 0. The van der Waals surface area contributed by atoms with Crippen LogP contribution in [0.25, 0.3) is 5.69 Å². The predicted molar refractivity (Wildman–Crippen MR) is 150 cm³/mol. The van der Waals surface area contributed by atoms with E-state index < -0.39 is 27.7 Å². The molecule has 10 nitrogen and oxygen atoms in total. The number of nitrogens with one attached hydrogen (secondary N) is 1. The summed E-state index contributed by atoms with van der Waals surface area (Å²) in [5.74, 6) is -1.70. The number of primary amides is 1. The van der Waals surface area contributed by atoms with E-state index in [0.29, 0.717) is 30.1 Å². The molecular formula is C29H31FN4O6S. The molecule has 4 rings (SSSR count). The van der Waals surface area contributed by atoms with Crippen molar-refractivity contribution >= 4 is 15.9 Å². The van der Waals surface area contributed by atoms with Gasteiger partial charge in [0.1, 0.15) is 22.2 Å². The number of aromatic nitrogens is 2. The molecule has 4 aromatic rings. The Bertz CT molecular complexity index is 1640. The van der Waals surface area contributed by atoms with Crippen LogP contribution in [0.15, 0.2) is 78.0 Å². The maximum Gasteiger partial charge on any atom is 0.243 e. The van der Waals surface area contributed by atoms with Gasteiger partial charge in [-0.3, -0.25) is 4.79 Å². The number of amides is 1. The molecule has 41 heavy (non-hydrogen) atoms. The zero-order chi connectivity index (χ0) is 29.6. The number of halogens is 1. The van der Waals surface area contributed by atoms with Crippen LogP contribution < -0.4 is 19.9 Å². The number of ether oxygens (including phenoxy) is 3. The molecule has 0 saturated heterocycles. The van der Waals surface area contributed by atoms with E-state index in [1.165, 1.54) is 49.2 Å². The van der Waals surface area contributed by atoms with Gasteiger partial charge < -0.3 is 19.9 Å². The second-order valence-corrected chi connectivity index (χ2v) is 10.9. The van der Waals surface area contributed by atoms with Gasteiger partial charge in [0.05, 0.1) is 38.6 Å². The minimum Gasteiger partial charge on any atom is -0.497 e. The molecule has 1 heterocycles. The van der Waals surface area contributed by atoms with E-state index in [1.807, 2.05) is 0 Å². The van der Waals surface area contributed by atoms with Gasteiger partial charge in [0.15, 0.2) is 0 Å². The van der Waals surface area contributed by atoms with Crippen LogP contribution in [-0.2, 0) is 32.5 Å². The van der Waals surface area contributed by atoms with Crippen LogP contribution in [0, 0.1) is 5.82 Å². The number of nitrogens with zero attached hydrogens (tertiary/aromatic N) is 2. The van der Waals surface area contributed by atoms with Gasteiger partial charge in [-0.25, -0.2) is 22.2 Å². The highest BCUT2D eigenvalue weighted by atomic mass is 32.2. The molecule has 1 atom stereocenters. The lowest BCUT2D eigenvalue weighted by atomic mass is 9.90. The Labute approximate surface area is 237 Å². The van der Waals surface area contributed by atoms with Crippen molar-refractivity contribution in [2.75, 3.05) is 27.9 Å². The zero-order valence-electron chi connectivity index (χ0n) is 22.8. The molecule has 0 aliphatic heterocycles. The SMILES string of the molecule is COCCc1cnn(-c2ccc(C(C(N)=O)c3ccccc3F)cc2S(=O)(=O)NCc2ccc(OC)cc2OC)c1. The molecule has 0 radical (unpaired) electrons. The smallest absolute Gasteiger partial charge is 0.243 e. The van der Waals surface area contributed by atoms with Gasteiger partial charge in [0, 0.05) is 37.0 Å². The van der Waals surface area contributed by atoms with Gasteiger partial charge in [-0.1, -0.05) is 30.3 Å². The van der Waals surface area contributed by atoms with Crippen molar-refractivity contribution in [1.29, 1.82) is 0 Å². The van der Waals surface area contributed by atoms with E-state index in [9.17, 15) is 17.6 Å². The molecule has 12 heteroatoms. The Morgan fingerprint density at radius 1 is 1.07 bits per heavy atom. The summed E-state index contributed by atoms with van der Waals surface area (Å²) in [6.45, 7) is 0.355. The van der Waals surface area contributed by atoms with Gasteiger partial charge in [0.2, 0.25) is 15.9 Å². The number of rotatable bonds is 13. The van der Waals surface area contributed by atoms with Crippen molar-refractivity contribution in [2.24, 2.45) is 5.73 Å². The largest absolute Gasteiger partial charge is 0.497 e. The quantitative estimate of drug-likeness (QED) is 0.247. The molecule has 0 bridgehead atoms. The number of benzene rings is 3. The molecule has 3 aromatic carbocycles. The van der Waals surface area contributed by atoms with Crippen molar-refractivity contribution < 1.29 is 31.8 Å². The first-order valence-corrected chi connectivity index (χ1v) is 14.1. The molecule has 1 aromatic heterocycles. The van der Waals surface area contributed by atoms with Crippen LogP contribution in [0.3, 0.4) is 0 Å². The molecule has 0 aliphatic carbocycles. The molecule has 0 fully saturated rings. The highest BCUT2D eigenvalue weighted by Crippen LogP contribution is 2.32. The second kappa shape index (κ2) is 12.9. The van der Waals surface area contributed by atoms with Gasteiger partial charge in [0.25, 0.3) is 0 Å². The zero-order valence-corrected chi connectivity index (χ0v) is 23.7. The first-order valence-electron chi connectivity index (χ1n) is 12.6. The molecule has 1 unspecified atom stereocenters. The van der Waals surface area contributed by atoms with Crippen molar-refractivity contribution in [3.05, 3.63) is 101 Å². The van der Waals surface area contributed by atoms with Gasteiger partial charge in [-0.2, -0.15) is 5.10 Å². The molecule has 3 N–H and O–H groups in total. The summed E-state index contributed by atoms with van der Waals surface area (Å²) in [5.41, 5.74) is 7.56. The Hall–Kier alpha value is -4.26. The van der Waals surface area contributed by atoms with E-state index in [2.05, 4.69) is 9.82 Å². The third-order valence-electron chi connectivity index (χ3n) is 6.53. The fraction of sp³-hybridized carbons (Fsp3) is 0.241. The van der Waals surface area contributed by atoms with E-state index >= 15 is 0 Å². The van der Waals surface area contributed by atoms with E-state index in [0.717, 1.165) is 5.56 Å². The maximum atomic E-state index is 14.7. The van der Waals surface area contributed by atoms with Gasteiger partial charge in [-0.05, 0) is 41.8 Å². The summed E-state index contributed by atoms with van der Waals surface area (Å²) in [7, 11) is 0.346. The molecule has 216 valence electrons. The summed E-state index contributed by atoms with van der Waals surface area (Å²) < 4.78 is 62.1. The number of nitrogens with two attached hydrogens (primary N) is 1. The lowest BCUT2D eigenvalue weighted by Gasteiger charge is -2.19. The third-order valence-corrected chi connectivity index (χ3v) is 7.96. The molecular weight excluding hydrogens is 551 g/mol. The topological polar surface area (TPSA) is 135 Å². The second-order valence-electron chi connectivity index (χ2n) is 9.12. The first-order chi connectivity index (χ1) is 19.7. The lowest BCUT2D eigenvalue weighted by molar-refractivity contribution is -0.118. The summed E-state index contributed by atoms with van der Waals surface area (Å²) in [5, 5.41) is 4.34. The molecule has 0 spiro atoms. The van der Waals surface area contributed by atoms with Crippen LogP contribution in [0.4, 0.5) is 4.39 Å². The minimum atomic E-state index is -4.23. The van der Waals surface area contributed by atoms with Gasteiger partial charge in [-0.15, -0.1) is 0 Å². The Morgan fingerprint density at radius 2 is 1.85 bits per heavy atom. The van der Waals surface area contributed by atoms with E-state index in [-0.39, 0.29) is 28.3 Å². The van der Waals surface area contributed by atoms with Crippen molar-refractivity contribution in [2.45, 2.75) is 23.8 Å². The Morgan fingerprint density at radius 3 is 2.54 bits per heavy atom. The average Bonchev–Trinajstić information content (AvgIpc) is 3.44. The normalized spacial score (nSPS) is 12.2.